The van der Waals surface area contributed by atoms with Gasteiger partial charge in [-0.25, -0.2) is 9.67 Å². The summed E-state index contributed by atoms with van der Waals surface area (Å²) < 4.78 is 1.57. The Hall–Kier alpha value is -1.36. The summed E-state index contributed by atoms with van der Waals surface area (Å²) in [4.78, 5) is 3.86. The summed E-state index contributed by atoms with van der Waals surface area (Å²) in [5, 5.41) is 15.5. The van der Waals surface area contributed by atoms with Gasteiger partial charge in [-0.2, -0.15) is 5.10 Å². The molecular weight excluding hydrogens is 285 g/mol. The molecule has 0 saturated carbocycles. The Bertz CT molecular complexity index is 606. The van der Waals surface area contributed by atoms with Gasteiger partial charge in [-0.05, 0) is 32.1 Å². The van der Waals surface area contributed by atoms with Crippen molar-refractivity contribution < 1.29 is 5.11 Å². The summed E-state index contributed by atoms with van der Waals surface area (Å²) in [6.45, 7) is 3.48. The van der Waals surface area contributed by atoms with E-state index in [-0.39, 0.29) is 0 Å². The molecule has 1 atom stereocenters. The third-order valence-electron chi connectivity index (χ3n) is 2.75. The van der Waals surface area contributed by atoms with Crippen molar-refractivity contribution in [2.75, 3.05) is 0 Å². The number of hydrogen-bond donors (Lipinski definition) is 1. The Morgan fingerprint density at radius 3 is 2.74 bits per heavy atom. The van der Waals surface area contributed by atoms with Crippen LogP contribution < -0.4 is 0 Å². The van der Waals surface area contributed by atoms with Gasteiger partial charge in [-0.15, -0.1) is 0 Å². The molecule has 0 spiro atoms. The van der Waals surface area contributed by atoms with Crippen LogP contribution in [-0.2, 0) is 5.60 Å². The zero-order valence-electron chi connectivity index (χ0n) is 10.5. The summed E-state index contributed by atoms with van der Waals surface area (Å²) in [6, 6.07) is 5.00. The van der Waals surface area contributed by atoms with Crippen LogP contribution in [0.2, 0.25) is 10.0 Å². The Kier molecular flexibility index (Phi) is 3.94. The fourth-order valence-electron chi connectivity index (χ4n) is 1.84. The Balaban J connectivity index is 2.39. The lowest BCUT2D eigenvalue weighted by atomic mass is 9.95. The standard InChI is InChI=1S/C13H13Cl2N3O/c1-9(18-8-16-7-17-18)6-13(2,19)11-4-3-10(14)5-12(11)15/h3-8,19H,1-2H3. The Labute approximate surface area is 121 Å². The minimum atomic E-state index is -1.22. The van der Waals surface area contributed by atoms with Gasteiger partial charge < -0.3 is 5.11 Å². The number of aliphatic hydroxyl groups is 1. The quantitative estimate of drug-likeness (QED) is 0.945. The molecule has 0 aliphatic carbocycles. The third kappa shape index (κ3) is 3.15. The highest BCUT2D eigenvalue weighted by molar-refractivity contribution is 6.35. The molecular formula is C13H13Cl2N3O. The number of hydrogen-bond acceptors (Lipinski definition) is 3. The second-order valence-electron chi connectivity index (χ2n) is 4.40. The van der Waals surface area contributed by atoms with E-state index < -0.39 is 5.60 Å². The zero-order valence-corrected chi connectivity index (χ0v) is 12.0. The molecule has 2 aromatic rings. The first-order chi connectivity index (χ1) is 8.90. The molecule has 6 heteroatoms. The average Bonchev–Trinajstić information content (AvgIpc) is 2.80. The summed E-state index contributed by atoms with van der Waals surface area (Å²) in [5.74, 6) is 0. The van der Waals surface area contributed by atoms with E-state index in [1.54, 1.807) is 42.2 Å². The monoisotopic (exact) mass is 297 g/mol. The Morgan fingerprint density at radius 2 is 2.16 bits per heavy atom. The molecule has 1 aromatic heterocycles. The molecule has 0 aliphatic heterocycles. The van der Waals surface area contributed by atoms with Crippen LogP contribution in [0.3, 0.4) is 0 Å². The summed E-state index contributed by atoms with van der Waals surface area (Å²) in [5.41, 5.74) is 0.101. The fourth-order valence-corrected chi connectivity index (χ4v) is 2.44. The predicted octanol–water partition coefficient (Wildman–Crippen LogP) is 3.35. The number of rotatable bonds is 3. The van der Waals surface area contributed by atoms with Crippen molar-refractivity contribution in [3.05, 3.63) is 52.5 Å². The van der Waals surface area contributed by atoms with Crippen LogP contribution in [0.25, 0.3) is 5.70 Å². The third-order valence-corrected chi connectivity index (χ3v) is 3.29. The van der Waals surface area contributed by atoms with E-state index in [1.807, 2.05) is 6.92 Å². The van der Waals surface area contributed by atoms with Crippen molar-refractivity contribution in [2.24, 2.45) is 0 Å². The maximum absolute atomic E-state index is 10.6. The molecule has 2 rings (SSSR count). The molecule has 0 aliphatic rings. The second-order valence-corrected chi connectivity index (χ2v) is 5.24. The highest BCUT2D eigenvalue weighted by atomic mass is 35.5. The van der Waals surface area contributed by atoms with E-state index >= 15 is 0 Å². The van der Waals surface area contributed by atoms with Crippen LogP contribution >= 0.6 is 23.2 Å². The lowest BCUT2D eigenvalue weighted by Gasteiger charge is -2.22. The van der Waals surface area contributed by atoms with Crippen molar-refractivity contribution in [1.82, 2.24) is 14.8 Å². The first kappa shape index (κ1) is 14.1. The summed E-state index contributed by atoms with van der Waals surface area (Å²) in [6.07, 6.45) is 4.66. The van der Waals surface area contributed by atoms with Crippen molar-refractivity contribution in [1.29, 1.82) is 0 Å². The maximum atomic E-state index is 10.6. The zero-order chi connectivity index (χ0) is 14.0. The fraction of sp³-hybridized carbons (Fsp3) is 0.231. The van der Waals surface area contributed by atoms with Gasteiger partial charge in [0.05, 0.1) is 0 Å². The molecule has 100 valence electrons. The van der Waals surface area contributed by atoms with E-state index in [1.165, 1.54) is 6.33 Å². The van der Waals surface area contributed by atoms with Gasteiger partial charge in [0, 0.05) is 21.3 Å². The van der Waals surface area contributed by atoms with Crippen LogP contribution in [0.1, 0.15) is 19.4 Å². The summed E-state index contributed by atoms with van der Waals surface area (Å²) >= 11 is 12.0. The van der Waals surface area contributed by atoms with E-state index in [0.717, 1.165) is 5.70 Å². The minimum absolute atomic E-state index is 0.417. The lowest BCUT2D eigenvalue weighted by Crippen LogP contribution is -2.19. The van der Waals surface area contributed by atoms with E-state index in [4.69, 9.17) is 23.2 Å². The van der Waals surface area contributed by atoms with Gasteiger partial charge in [-0.1, -0.05) is 29.3 Å². The highest BCUT2D eigenvalue weighted by Crippen LogP contribution is 2.32. The summed E-state index contributed by atoms with van der Waals surface area (Å²) in [7, 11) is 0. The average molecular weight is 298 g/mol. The molecule has 1 heterocycles. The molecule has 1 N–H and O–H groups in total. The number of nitrogens with zero attached hydrogens (tertiary/aromatic N) is 3. The molecule has 0 fully saturated rings. The van der Waals surface area contributed by atoms with Gasteiger partial charge in [0.15, 0.2) is 0 Å². The van der Waals surface area contributed by atoms with Gasteiger partial charge in [0.1, 0.15) is 18.3 Å². The van der Waals surface area contributed by atoms with Crippen LogP contribution in [0.15, 0.2) is 36.9 Å². The van der Waals surface area contributed by atoms with E-state index in [2.05, 4.69) is 10.1 Å². The molecule has 0 bridgehead atoms. The first-order valence-corrected chi connectivity index (χ1v) is 6.38. The van der Waals surface area contributed by atoms with Crippen LogP contribution in [0.5, 0.6) is 0 Å². The molecule has 0 saturated heterocycles. The number of benzene rings is 1. The van der Waals surface area contributed by atoms with E-state index in [9.17, 15) is 5.11 Å². The van der Waals surface area contributed by atoms with Crippen molar-refractivity contribution in [3.8, 4) is 0 Å². The first-order valence-electron chi connectivity index (χ1n) is 5.62. The Morgan fingerprint density at radius 1 is 1.42 bits per heavy atom. The molecule has 0 radical (unpaired) electrons. The maximum Gasteiger partial charge on any atom is 0.138 e. The van der Waals surface area contributed by atoms with Crippen LogP contribution in [0, 0.1) is 0 Å². The predicted molar refractivity (Wildman–Crippen MR) is 76.0 cm³/mol. The van der Waals surface area contributed by atoms with Crippen LogP contribution in [-0.4, -0.2) is 19.9 Å². The van der Waals surface area contributed by atoms with Crippen molar-refractivity contribution >= 4 is 28.9 Å². The SMILES string of the molecule is CC(=CC(C)(O)c1ccc(Cl)cc1Cl)n1cncn1. The molecule has 0 amide bonds. The van der Waals surface area contributed by atoms with E-state index in [0.29, 0.717) is 15.6 Å². The second kappa shape index (κ2) is 5.33. The topological polar surface area (TPSA) is 50.9 Å². The molecule has 4 nitrogen and oxygen atoms in total. The van der Waals surface area contributed by atoms with Crippen molar-refractivity contribution in [2.45, 2.75) is 19.4 Å². The number of aromatic nitrogens is 3. The highest BCUT2D eigenvalue weighted by Gasteiger charge is 2.24. The van der Waals surface area contributed by atoms with Gasteiger partial charge >= 0.3 is 0 Å². The number of allylic oxidation sites excluding steroid dienone is 1. The largest absolute Gasteiger partial charge is 0.381 e. The van der Waals surface area contributed by atoms with Crippen molar-refractivity contribution in [3.63, 3.8) is 0 Å². The van der Waals surface area contributed by atoms with Gasteiger partial charge in [0.25, 0.3) is 0 Å². The number of halogens is 2. The molecule has 1 aromatic carbocycles. The lowest BCUT2D eigenvalue weighted by molar-refractivity contribution is 0.111. The molecule has 19 heavy (non-hydrogen) atoms. The van der Waals surface area contributed by atoms with Gasteiger partial charge in [0.2, 0.25) is 0 Å². The smallest absolute Gasteiger partial charge is 0.138 e. The molecule has 1 unspecified atom stereocenters. The van der Waals surface area contributed by atoms with Crippen LogP contribution in [0.4, 0.5) is 0 Å². The minimum Gasteiger partial charge on any atom is -0.381 e. The van der Waals surface area contributed by atoms with Gasteiger partial charge in [-0.3, -0.25) is 0 Å². The normalized spacial score (nSPS) is 15.3.